The van der Waals surface area contributed by atoms with Gasteiger partial charge in [0.05, 0.1) is 11.3 Å². The molecular formula is C20H18ClN3O4S. The van der Waals surface area contributed by atoms with E-state index < -0.39 is 11.2 Å². The van der Waals surface area contributed by atoms with Gasteiger partial charge in [-0.05, 0) is 49.4 Å². The molecule has 0 aliphatic carbocycles. The third-order valence-corrected chi connectivity index (χ3v) is 5.60. The van der Waals surface area contributed by atoms with Gasteiger partial charge in [0.15, 0.2) is 5.17 Å². The van der Waals surface area contributed by atoms with Crippen LogP contribution in [0.4, 0.5) is 11.4 Å². The highest BCUT2D eigenvalue weighted by molar-refractivity contribution is 8.15. The summed E-state index contributed by atoms with van der Waals surface area (Å²) in [7, 11) is 0. The molecule has 2 amide bonds. The fourth-order valence-corrected chi connectivity index (χ4v) is 4.07. The number of aliphatic imine (C=N–C) groups is 1. The van der Waals surface area contributed by atoms with Crippen molar-refractivity contribution >= 4 is 57.7 Å². The minimum absolute atomic E-state index is 0.0477. The summed E-state index contributed by atoms with van der Waals surface area (Å²) in [6, 6.07) is 12.8. The Kier molecular flexibility index (Phi) is 6.56. The quantitative estimate of drug-likeness (QED) is 0.744. The summed E-state index contributed by atoms with van der Waals surface area (Å²) in [5.74, 6) is -1.58. The maximum absolute atomic E-state index is 12.7. The Morgan fingerprint density at radius 2 is 2.00 bits per heavy atom. The largest absolute Gasteiger partial charge is 0.478 e. The van der Waals surface area contributed by atoms with Crippen LogP contribution in [0.15, 0.2) is 53.5 Å². The van der Waals surface area contributed by atoms with Crippen molar-refractivity contribution in [3.8, 4) is 0 Å². The molecule has 2 aromatic carbocycles. The number of carbonyl (C=O) groups excluding carboxylic acids is 2. The number of rotatable bonds is 5. The molecule has 1 heterocycles. The second kappa shape index (κ2) is 9.11. The maximum atomic E-state index is 12.7. The van der Waals surface area contributed by atoms with Gasteiger partial charge in [-0.25, -0.2) is 9.79 Å². The zero-order valence-corrected chi connectivity index (χ0v) is 17.0. The zero-order valence-electron chi connectivity index (χ0n) is 15.5. The van der Waals surface area contributed by atoms with Gasteiger partial charge in [-0.1, -0.05) is 29.4 Å². The molecule has 1 saturated heterocycles. The monoisotopic (exact) mass is 431 g/mol. The van der Waals surface area contributed by atoms with Crippen molar-refractivity contribution in [2.75, 3.05) is 11.9 Å². The van der Waals surface area contributed by atoms with Crippen molar-refractivity contribution in [2.45, 2.75) is 18.6 Å². The predicted octanol–water partition coefficient (Wildman–Crippen LogP) is 4.02. The third-order valence-electron chi connectivity index (χ3n) is 4.18. The van der Waals surface area contributed by atoms with Crippen LogP contribution in [0.5, 0.6) is 0 Å². The van der Waals surface area contributed by atoms with Gasteiger partial charge < -0.3 is 10.4 Å². The number of carboxylic acids is 1. The number of thioether (sulfide) groups is 1. The molecule has 7 nitrogen and oxygen atoms in total. The first-order valence-corrected chi connectivity index (χ1v) is 10.1. The number of benzene rings is 2. The van der Waals surface area contributed by atoms with Gasteiger partial charge in [0.2, 0.25) is 11.8 Å². The van der Waals surface area contributed by atoms with Crippen LogP contribution < -0.4 is 5.32 Å². The normalized spacial score (nSPS) is 18.0. The number of halogens is 1. The van der Waals surface area contributed by atoms with E-state index in [1.54, 1.807) is 24.3 Å². The SMILES string of the molecule is CCN1C(=O)C[C@H](C(=O)Nc2ccc(C(=O)O)cc2)SC1=Nc1cccc(Cl)c1. The Morgan fingerprint density at radius 3 is 2.62 bits per heavy atom. The molecule has 3 rings (SSSR count). The second-order valence-electron chi connectivity index (χ2n) is 6.19. The maximum Gasteiger partial charge on any atom is 0.335 e. The highest BCUT2D eigenvalue weighted by Crippen LogP contribution is 2.30. The van der Waals surface area contributed by atoms with Crippen molar-refractivity contribution < 1.29 is 19.5 Å². The van der Waals surface area contributed by atoms with Gasteiger partial charge in [0.25, 0.3) is 0 Å². The van der Waals surface area contributed by atoms with Crippen molar-refractivity contribution in [2.24, 2.45) is 4.99 Å². The molecule has 0 spiro atoms. The Labute approximate surface area is 176 Å². The topological polar surface area (TPSA) is 99.1 Å². The van der Waals surface area contributed by atoms with Gasteiger partial charge in [-0.2, -0.15) is 0 Å². The number of carbonyl (C=O) groups is 3. The first-order chi connectivity index (χ1) is 13.9. The van der Waals surface area contributed by atoms with E-state index in [1.807, 2.05) is 6.92 Å². The summed E-state index contributed by atoms with van der Waals surface area (Å²) < 4.78 is 0. The lowest BCUT2D eigenvalue weighted by Gasteiger charge is -2.30. The standard InChI is InChI=1S/C20H18ClN3O4S/c1-2-24-17(25)11-16(29-20(24)23-15-5-3-4-13(21)10-15)18(26)22-14-8-6-12(7-9-14)19(27)28/h3-10,16H,2,11H2,1H3,(H,22,26)(H,27,28)/t16-/m1/s1. The van der Waals surface area contributed by atoms with E-state index in [4.69, 9.17) is 16.7 Å². The van der Waals surface area contributed by atoms with Crippen molar-refractivity contribution in [1.82, 2.24) is 4.90 Å². The summed E-state index contributed by atoms with van der Waals surface area (Å²) in [5.41, 5.74) is 1.18. The zero-order chi connectivity index (χ0) is 21.0. The van der Waals surface area contributed by atoms with E-state index >= 15 is 0 Å². The molecule has 1 aliphatic heterocycles. The van der Waals surface area contributed by atoms with Crippen LogP contribution >= 0.6 is 23.4 Å². The van der Waals surface area contributed by atoms with Crippen LogP contribution in [-0.2, 0) is 9.59 Å². The molecule has 150 valence electrons. The summed E-state index contributed by atoms with van der Waals surface area (Å²) in [6.07, 6.45) is 0.0477. The van der Waals surface area contributed by atoms with E-state index in [9.17, 15) is 14.4 Å². The van der Waals surface area contributed by atoms with Crippen molar-refractivity contribution in [1.29, 1.82) is 0 Å². The van der Waals surface area contributed by atoms with E-state index in [-0.39, 0.29) is 23.8 Å². The van der Waals surface area contributed by atoms with E-state index in [0.29, 0.717) is 28.1 Å². The van der Waals surface area contributed by atoms with E-state index in [0.717, 1.165) is 0 Å². The van der Waals surface area contributed by atoms with Crippen molar-refractivity contribution in [3.05, 3.63) is 59.1 Å². The minimum Gasteiger partial charge on any atom is -0.478 e. The predicted molar refractivity (Wildman–Crippen MR) is 114 cm³/mol. The fourth-order valence-electron chi connectivity index (χ4n) is 2.73. The number of hydrogen-bond donors (Lipinski definition) is 2. The van der Waals surface area contributed by atoms with Crippen LogP contribution in [0.3, 0.4) is 0 Å². The lowest BCUT2D eigenvalue weighted by Crippen LogP contribution is -2.45. The number of aromatic carboxylic acids is 1. The molecule has 2 aromatic rings. The van der Waals surface area contributed by atoms with Crippen LogP contribution in [-0.4, -0.2) is 44.8 Å². The molecule has 9 heteroatoms. The van der Waals surface area contributed by atoms with Crippen LogP contribution in [0.25, 0.3) is 0 Å². The number of nitrogens with zero attached hydrogens (tertiary/aromatic N) is 2. The highest BCUT2D eigenvalue weighted by Gasteiger charge is 2.35. The lowest BCUT2D eigenvalue weighted by atomic mass is 10.2. The summed E-state index contributed by atoms with van der Waals surface area (Å²) in [5, 5.41) is 12.0. The average molecular weight is 432 g/mol. The Morgan fingerprint density at radius 1 is 1.28 bits per heavy atom. The first kappa shape index (κ1) is 20.9. The number of carboxylic acid groups (broad SMARTS) is 1. The Bertz CT molecular complexity index is 978. The van der Waals surface area contributed by atoms with Gasteiger partial charge in [0.1, 0.15) is 5.25 Å². The first-order valence-electron chi connectivity index (χ1n) is 8.83. The molecule has 1 atom stereocenters. The minimum atomic E-state index is -1.04. The number of anilines is 1. The van der Waals surface area contributed by atoms with Gasteiger partial charge in [-0.3, -0.25) is 14.5 Å². The van der Waals surface area contributed by atoms with Crippen LogP contribution in [0.2, 0.25) is 5.02 Å². The molecule has 0 radical (unpaired) electrons. The van der Waals surface area contributed by atoms with Gasteiger partial charge in [-0.15, -0.1) is 0 Å². The molecule has 29 heavy (non-hydrogen) atoms. The lowest BCUT2D eigenvalue weighted by molar-refractivity contribution is -0.129. The van der Waals surface area contributed by atoms with Gasteiger partial charge in [0, 0.05) is 23.7 Å². The van der Waals surface area contributed by atoms with E-state index in [1.165, 1.54) is 40.9 Å². The smallest absolute Gasteiger partial charge is 0.335 e. The second-order valence-corrected chi connectivity index (χ2v) is 7.80. The molecule has 0 saturated carbocycles. The number of hydrogen-bond acceptors (Lipinski definition) is 5. The molecule has 0 unspecified atom stereocenters. The molecule has 1 aliphatic rings. The summed E-state index contributed by atoms with van der Waals surface area (Å²) in [6.45, 7) is 2.28. The number of amides is 2. The van der Waals surface area contributed by atoms with Crippen LogP contribution in [0, 0.1) is 0 Å². The fraction of sp³-hybridized carbons (Fsp3) is 0.200. The van der Waals surface area contributed by atoms with E-state index in [2.05, 4.69) is 10.3 Å². The molecule has 0 aromatic heterocycles. The number of nitrogens with one attached hydrogen (secondary N) is 1. The molecule has 0 bridgehead atoms. The highest BCUT2D eigenvalue weighted by atomic mass is 35.5. The summed E-state index contributed by atoms with van der Waals surface area (Å²) >= 11 is 7.21. The Hall–Kier alpha value is -2.84. The number of amidine groups is 1. The molecule has 1 fully saturated rings. The van der Waals surface area contributed by atoms with Gasteiger partial charge >= 0.3 is 5.97 Å². The third kappa shape index (κ3) is 5.16. The van der Waals surface area contributed by atoms with Crippen LogP contribution in [0.1, 0.15) is 23.7 Å². The Balaban J connectivity index is 1.78. The average Bonchev–Trinajstić information content (AvgIpc) is 2.68. The molecular weight excluding hydrogens is 414 g/mol. The molecule has 2 N–H and O–H groups in total. The summed E-state index contributed by atoms with van der Waals surface area (Å²) in [4.78, 5) is 42.2. The van der Waals surface area contributed by atoms with Crippen molar-refractivity contribution in [3.63, 3.8) is 0 Å².